The predicted molar refractivity (Wildman–Crippen MR) is 51.1 cm³/mol. The van der Waals surface area contributed by atoms with Crippen LogP contribution in [-0.4, -0.2) is 27.7 Å². The molecule has 1 saturated heterocycles. The summed E-state index contributed by atoms with van der Waals surface area (Å²) in [4.78, 5) is 0.268. The summed E-state index contributed by atoms with van der Waals surface area (Å²) in [7, 11) is -3.54. The molecule has 0 spiro atoms. The van der Waals surface area contributed by atoms with Gasteiger partial charge in [-0.2, -0.15) is 8.42 Å². The van der Waals surface area contributed by atoms with E-state index in [-0.39, 0.29) is 17.6 Å². The quantitative estimate of drug-likeness (QED) is 0.519. The fourth-order valence-electron chi connectivity index (χ4n) is 1.17. The van der Waals surface area contributed by atoms with Gasteiger partial charge in [0, 0.05) is 0 Å². The maximum absolute atomic E-state index is 11.5. The predicted octanol–water partition coefficient (Wildman–Crippen LogP) is 0.966. The standard InChI is InChI=1S/C9H12O4S/c10-14(11,13-7-8-6-12-8)9-4-2-1-3-5-9/h2,4-5,8H,1,3,6-7H2. The average Bonchev–Trinajstić information content (AvgIpc) is 3.00. The highest BCUT2D eigenvalue weighted by atomic mass is 32.2. The second-order valence-electron chi connectivity index (χ2n) is 3.28. The van der Waals surface area contributed by atoms with Crippen molar-refractivity contribution in [2.45, 2.75) is 18.9 Å². The minimum Gasteiger partial charge on any atom is -0.371 e. The summed E-state index contributed by atoms with van der Waals surface area (Å²) in [5.74, 6) is 0. The molecule has 0 saturated carbocycles. The van der Waals surface area contributed by atoms with Gasteiger partial charge in [-0.15, -0.1) is 0 Å². The van der Waals surface area contributed by atoms with Gasteiger partial charge in [0.2, 0.25) is 0 Å². The van der Waals surface area contributed by atoms with Gasteiger partial charge in [0.05, 0.1) is 18.1 Å². The summed E-state index contributed by atoms with van der Waals surface area (Å²) in [6.07, 6.45) is 6.73. The zero-order valence-electron chi connectivity index (χ0n) is 7.68. The van der Waals surface area contributed by atoms with Crippen LogP contribution in [0.2, 0.25) is 0 Å². The van der Waals surface area contributed by atoms with Crippen molar-refractivity contribution in [1.82, 2.24) is 0 Å². The van der Waals surface area contributed by atoms with E-state index >= 15 is 0 Å². The lowest BCUT2D eigenvalue weighted by atomic mass is 10.2. The van der Waals surface area contributed by atoms with Crippen LogP contribution in [0.25, 0.3) is 0 Å². The van der Waals surface area contributed by atoms with Crippen LogP contribution < -0.4 is 0 Å². The number of hydrogen-bond acceptors (Lipinski definition) is 4. The Morgan fingerprint density at radius 2 is 2.29 bits per heavy atom. The summed E-state index contributed by atoms with van der Waals surface area (Å²) in [5, 5.41) is 0. The van der Waals surface area contributed by atoms with Crippen molar-refractivity contribution in [3.63, 3.8) is 0 Å². The van der Waals surface area contributed by atoms with Gasteiger partial charge in [0.15, 0.2) is 0 Å². The zero-order chi connectivity index (χ0) is 10.0. The molecule has 1 unspecified atom stereocenters. The van der Waals surface area contributed by atoms with Gasteiger partial charge in [0.25, 0.3) is 10.1 Å². The van der Waals surface area contributed by atoms with Crippen LogP contribution in [0.3, 0.4) is 0 Å². The molecule has 1 atom stereocenters. The molecule has 2 rings (SSSR count). The number of epoxide rings is 1. The van der Waals surface area contributed by atoms with Crippen molar-refractivity contribution in [2.24, 2.45) is 0 Å². The Kier molecular flexibility index (Phi) is 2.71. The van der Waals surface area contributed by atoms with E-state index in [2.05, 4.69) is 0 Å². The third-order valence-electron chi connectivity index (χ3n) is 2.06. The van der Waals surface area contributed by atoms with E-state index < -0.39 is 10.1 Å². The highest BCUT2D eigenvalue weighted by Gasteiger charge is 2.27. The van der Waals surface area contributed by atoms with Crippen LogP contribution in [0.1, 0.15) is 12.8 Å². The van der Waals surface area contributed by atoms with Crippen molar-refractivity contribution in [2.75, 3.05) is 13.2 Å². The Hall–Kier alpha value is -0.650. The largest absolute Gasteiger partial charge is 0.371 e. The van der Waals surface area contributed by atoms with E-state index in [1.165, 1.54) is 0 Å². The van der Waals surface area contributed by atoms with Crippen LogP contribution in [0.15, 0.2) is 23.1 Å². The number of hydrogen-bond donors (Lipinski definition) is 0. The van der Waals surface area contributed by atoms with Crippen LogP contribution in [-0.2, 0) is 19.0 Å². The van der Waals surface area contributed by atoms with E-state index in [9.17, 15) is 8.42 Å². The van der Waals surface area contributed by atoms with E-state index in [0.29, 0.717) is 6.61 Å². The maximum atomic E-state index is 11.5. The van der Waals surface area contributed by atoms with Crippen molar-refractivity contribution in [1.29, 1.82) is 0 Å². The third-order valence-corrected chi connectivity index (χ3v) is 3.39. The minimum atomic E-state index is -3.54. The summed E-state index contributed by atoms with van der Waals surface area (Å²) in [6, 6.07) is 0. The Morgan fingerprint density at radius 1 is 1.50 bits per heavy atom. The summed E-state index contributed by atoms with van der Waals surface area (Å²) in [5.41, 5.74) is 0. The molecule has 4 nitrogen and oxygen atoms in total. The van der Waals surface area contributed by atoms with Gasteiger partial charge in [-0.25, -0.2) is 0 Å². The molecule has 78 valence electrons. The zero-order valence-corrected chi connectivity index (χ0v) is 8.50. The second-order valence-corrected chi connectivity index (χ2v) is 4.90. The lowest BCUT2D eigenvalue weighted by Gasteiger charge is -2.07. The SMILES string of the molecule is O=S(=O)(OCC1CO1)C1=CCCC=C1. The second kappa shape index (κ2) is 3.84. The lowest BCUT2D eigenvalue weighted by molar-refractivity contribution is 0.269. The molecule has 1 heterocycles. The van der Waals surface area contributed by atoms with Crippen LogP contribution in [0.5, 0.6) is 0 Å². The van der Waals surface area contributed by atoms with Crippen molar-refractivity contribution in [3.05, 3.63) is 23.1 Å². The van der Waals surface area contributed by atoms with Crippen LogP contribution >= 0.6 is 0 Å². The van der Waals surface area contributed by atoms with E-state index in [4.69, 9.17) is 8.92 Å². The van der Waals surface area contributed by atoms with Crippen LogP contribution in [0.4, 0.5) is 0 Å². The normalized spacial score (nSPS) is 26.0. The molecular weight excluding hydrogens is 204 g/mol. The van der Waals surface area contributed by atoms with Gasteiger partial charge < -0.3 is 4.74 Å². The van der Waals surface area contributed by atoms with E-state index in [0.717, 1.165) is 12.8 Å². The molecular formula is C9H12O4S. The molecule has 0 bridgehead atoms. The first-order valence-electron chi connectivity index (χ1n) is 4.56. The van der Waals surface area contributed by atoms with Crippen LogP contribution in [0, 0.1) is 0 Å². The third kappa shape index (κ3) is 2.43. The Labute approximate surface area is 83.3 Å². The monoisotopic (exact) mass is 216 g/mol. The first-order valence-corrected chi connectivity index (χ1v) is 5.97. The fraction of sp³-hybridized carbons (Fsp3) is 0.556. The van der Waals surface area contributed by atoms with Gasteiger partial charge in [-0.1, -0.05) is 12.2 Å². The van der Waals surface area contributed by atoms with Gasteiger partial charge in [0.1, 0.15) is 6.10 Å². The first kappa shape index (κ1) is 9.89. The molecule has 0 amide bonds. The van der Waals surface area contributed by atoms with Gasteiger partial charge in [-0.3, -0.25) is 4.18 Å². The number of ether oxygens (including phenoxy) is 1. The molecule has 0 aromatic carbocycles. The molecule has 0 N–H and O–H groups in total. The summed E-state index contributed by atoms with van der Waals surface area (Å²) < 4.78 is 32.7. The molecule has 1 aliphatic heterocycles. The molecule has 2 aliphatic rings. The molecule has 1 aliphatic carbocycles. The topological polar surface area (TPSA) is 55.9 Å². The minimum absolute atomic E-state index is 0.0297. The smallest absolute Gasteiger partial charge is 0.296 e. The molecule has 0 radical (unpaired) electrons. The highest BCUT2D eigenvalue weighted by Crippen LogP contribution is 2.19. The molecule has 14 heavy (non-hydrogen) atoms. The molecule has 5 heteroatoms. The Balaban J connectivity index is 1.99. The van der Waals surface area contributed by atoms with Crippen molar-refractivity contribution >= 4 is 10.1 Å². The Morgan fingerprint density at radius 3 is 2.86 bits per heavy atom. The van der Waals surface area contributed by atoms with E-state index in [1.807, 2.05) is 6.08 Å². The highest BCUT2D eigenvalue weighted by molar-refractivity contribution is 7.90. The fourth-order valence-corrected chi connectivity index (χ4v) is 2.22. The number of rotatable bonds is 4. The number of allylic oxidation sites excluding steroid dienone is 3. The molecule has 1 fully saturated rings. The summed E-state index contributed by atoms with van der Waals surface area (Å²) in [6.45, 7) is 0.734. The van der Waals surface area contributed by atoms with Gasteiger partial charge in [-0.05, 0) is 18.9 Å². The molecule has 0 aromatic rings. The van der Waals surface area contributed by atoms with Crippen molar-refractivity contribution < 1.29 is 17.3 Å². The van der Waals surface area contributed by atoms with Gasteiger partial charge >= 0.3 is 0 Å². The lowest BCUT2D eigenvalue weighted by Crippen LogP contribution is -2.12. The van der Waals surface area contributed by atoms with Crippen molar-refractivity contribution in [3.8, 4) is 0 Å². The Bertz CT molecular complexity index is 362. The molecule has 0 aromatic heterocycles. The summed E-state index contributed by atoms with van der Waals surface area (Å²) >= 11 is 0. The average molecular weight is 216 g/mol. The maximum Gasteiger partial charge on any atom is 0.296 e. The van der Waals surface area contributed by atoms with E-state index in [1.54, 1.807) is 12.2 Å². The first-order chi connectivity index (χ1) is 6.68.